The van der Waals surface area contributed by atoms with Gasteiger partial charge in [0, 0.05) is 12.1 Å². The predicted molar refractivity (Wildman–Crippen MR) is 75.4 cm³/mol. The van der Waals surface area contributed by atoms with Gasteiger partial charge in [-0.15, -0.1) is 0 Å². The molecular weight excluding hydrogens is 218 g/mol. The fourth-order valence-corrected chi connectivity index (χ4v) is 5.26. The van der Waals surface area contributed by atoms with Crippen molar-refractivity contribution in [3.63, 3.8) is 0 Å². The molecule has 4 saturated carbocycles. The summed E-state index contributed by atoms with van der Waals surface area (Å²) in [7, 11) is 0. The first-order valence-electron chi connectivity index (χ1n) is 8.28. The van der Waals surface area contributed by atoms with Crippen molar-refractivity contribution in [2.75, 3.05) is 0 Å². The van der Waals surface area contributed by atoms with Crippen LogP contribution in [0.25, 0.3) is 0 Å². The van der Waals surface area contributed by atoms with Crippen molar-refractivity contribution in [3.05, 3.63) is 0 Å². The molecule has 102 valence electrons. The lowest BCUT2D eigenvalue weighted by Gasteiger charge is -2.41. The summed E-state index contributed by atoms with van der Waals surface area (Å²) < 4.78 is 0. The van der Waals surface area contributed by atoms with E-state index in [-0.39, 0.29) is 0 Å². The topological polar surface area (TPSA) is 12.0 Å². The zero-order valence-corrected chi connectivity index (χ0v) is 12.3. The molecular formula is C17H29N. The zero-order valence-electron chi connectivity index (χ0n) is 12.3. The van der Waals surface area contributed by atoms with E-state index in [4.69, 9.17) is 0 Å². The van der Waals surface area contributed by atoms with Crippen molar-refractivity contribution in [1.82, 2.24) is 5.32 Å². The van der Waals surface area contributed by atoms with Crippen LogP contribution in [0, 0.1) is 28.6 Å². The summed E-state index contributed by atoms with van der Waals surface area (Å²) in [5, 5.41) is 4.17. The van der Waals surface area contributed by atoms with Gasteiger partial charge in [-0.2, -0.15) is 0 Å². The van der Waals surface area contributed by atoms with Gasteiger partial charge in [0.15, 0.2) is 0 Å². The molecule has 4 aliphatic carbocycles. The van der Waals surface area contributed by atoms with Crippen LogP contribution in [-0.2, 0) is 0 Å². The SMILES string of the molecule is CC1(C)C2CCC1(C)C(NC(C1CC1)C1CC1)C2. The largest absolute Gasteiger partial charge is 0.310 e. The Kier molecular flexibility index (Phi) is 2.31. The van der Waals surface area contributed by atoms with Crippen LogP contribution in [0.2, 0.25) is 0 Å². The van der Waals surface area contributed by atoms with Crippen LogP contribution < -0.4 is 5.32 Å². The van der Waals surface area contributed by atoms with Crippen LogP contribution in [0.3, 0.4) is 0 Å². The molecule has 0 saturated heterocycles. The summed E-state index contributed by atoms with van der Waals surface area (Å²) in [6.07, 6.45) is 10.4. The fraction of sp³-hybridized carbons (Fsp3) is 1.00. The third-order valence-corrected chi connectivity index (χ3v) is 7.45. The molecule has 0 amide bonds. The normalized spacial score (nSPS) is 46.0. The number of nitrogens with one attached hydrogen (secondary N) is 1. The van der Waals surface area contributed by atoms with Gasteiger partial charge in [0.2, 0.25) is 0 Å². The lowest BCUT2D eigenvalue weighted by molar-refractivity contribution is 0.111. The van der Waals surface area contributed by atoms with Crippen LogP contribution >= 0.6 is 0 Å². The third-order valence-electron chi connectivity index (χ3n) is 7.45. The van der Waals surface area contributed by atoms with Crippen molar-refractivity contribution in [3.8, 4) is 0 Å². The average Bonchev–Trinajstić information content (AvgIpc) is 3.21. The van der Waals surface area contributed by atoms with Crippen molar-refractivity contribution in [2.24, 2.45) is 28.6 Å². The van der Waals surface area contributed by atoms with Gasteiger partial charge < -0.3 is 5.32 Å². The van der Waals surface area contributed by atoms with Crippen LogP contribution in [0.5, 0.6) is 0 Å². The maximum atomic E-state index is 4.17. The van der Waals surface area contributed by atoms with E-state index in [1.54, 1.807) is 0 Å². The fourth-order valence-electron chi connectivity index (χ4n) is 5.26. The lowest BCUT2D eigenvalue weighted by atomic mass is 9.69. The third kappa shape index (κ3) is 1.49. The minimum atomic E-state index is 0.569. The van der Waals surface area contributed by atoms with Gasteiger partial charge in [0.1, 0.15) is 0 Å². The van der Waals surface area contributed by atoms with Crippen molar-refractivity contribution < 1.29 is 0 Å². The van der Waals surface area contributed by atoms with E-state index < -0.39 is 0 Å². The summed E-state index contributed by atoms with van der Waals surface area (Å²) in [6.45, 7) is 7.65. The molecule has 1 heteroatoms. The Morgan fingerprint density at radius 2 is 1.56 bits per heavy atom. The molecule has 0 radical (unpaired) electrons. The van der Waals surface area contributed by atoms with Gasteiger partial charge in [0.05, 0.1) is 0 Å². The maximum absolute atomic E-state index is 4.17. The molecule has 3 unspecified atom stereocenters. The average molecular weight is 247 g/mol. The first kappa shape index (κ1) is 11.8. The van der Waals surface area contributed by atoms with Gasteiger partial charge in [-0.05, 0) is 73.5 Å². The van der Waals surface area contributed by atoms with Crippen LogP contribution in [0.1, 0.15) is 65.7 Å². The molecule has 1 nitrogen and oxygen atoms in total. The summed E-state index contributed by atoms with van der Waals surface area (Å²) in [6, 6.07) is 1.71. The summed E-state index contributed by atoms with van der Waals surface area (Å²) in [4.78, 5) is 0. The number of rotatable bonds is 4. The van der Waals surface area contributed by atoms with E-state index in [1.807, 2.05) is 0 Å². The van der Waals surface area contributed by atoms with Gasteiger partial charge >= 0.3 is 0 Å². The van der Waals surface area contributed by atoms with Crippen molar-refractivity contribution >= 4 is 0 Å². The Morgan fingerprint density at radius 3 is 1.94 bits per heavy atom. The Labute approximate surface area is 112 Å². The first-order chi connectivity index (χ1) is 8.52. The Balaban J connectivity index is 1.52. The summed E-state index contributed by atoms with van der Waals surface area (Å²) in [5.41, 5.74) is 1.14. The number of hydrogen-bond acceptors (Lipinski definition) is 1. The zero-order chi connectivity index (χ0) is 12.5. The molecule has 0 aliphatic heterocycles. The number of fused-ring (bicyclic) bond motifs is 2. The van der Waals surface area contributed by atoms with Gasteiger partial charge in [-0.1, -0.05) is 20.8 Å². The smallest absolute Gasteiger partial charge is 0.0132 e. The summed E-state index contributed by atoms with van der Waals surface area (Å²) >= 11 is 0. The maximum Gasteiger partial charge on any atom is 0.0132 e. The highest BCUT2D eigenvalue weighted by Gasteiger charge is 2.62. The van der Waals surface area contributed by atoms with Gasteiger partial charge in [-0.3, -0.25) is 0 Å². The molecule has 0 aromatic rings. The molecule has 0 spiro atoms. The molecule has 0 aromatic carbocycles. The van der Waals surface area contributed by atoms with Crippen molar-refractivity contribution in [1.29, 1.82) is 0 Å². The highest BCUT2D eigenvalue weighted by molar-refractivity contribution is 5.14. The molecule has 3 atom stereocenters. The Hall–Kier alpha value is -0.0400. The molecule has 0 aromatic heterocycles. The molecule has 18 heavy (non-hydrogen) atoms. The molecule has 4 rings (SSSR count). The van der Waals surface area contributed by atoms with E-state index >= 15 is 0 Å². The number of hydrogen-bond donors (Lipinski definition) is 1. The van der Waals surface area contributed by atoms with E-state index in [9.17, 15) is 0 Å². The van der Waals surface area contributed by atoms with E-state index in [1.165, 1.54) is 44.9 Å². The highest BCUT2D eigenvalue weighted by Crippen LogP contribution is 2.65. The van der Waals surface area contributed by atoms with E-state index in [0.717, 1.165) is 29.8 Å². The molecule has 1 N–H and O–H groups in total. The predicted octanol–water partition coefficient (Wildman–Crippen LogP) is 3.98. The van der Waals surface area contributed by atoms with Crippen molar-refractivity contribution in [2.45, 2.75) is 77.8 Å². The Bertz CT molecular complexity index is 341. The molecule has 4 aliphatic rings. The highest BCUT2D eigenvalue weighted by atomic mass is 15.0. The molecule has 4 fully saturated rings. The minimum absolute atomic E-state index is 0.569. The summed E-state index contributed by atoms with van der Waals surface area (Å²) in [5.74, 6) is 3.07. The van der Waals surface area contributed by atoms with Gasteiger partial charge in [-0.25, -0.2) is 0 Å². The van der Waals surface area contributed by atoms with E-state index in [0.29, 0.717) is 10.8 Å². The second kappa shape index (κ2) is 3.53. The molecule has 0 heterocycles. The quantitative estimate of drug-likeness (QED) is 0.792. The first-order valence-corrected chi connectivity index (χ1v) is 8.28. The second-order valence-corrected chi connectivity index (χ2v) is 8.53. The minimum Gasteiger partial charge on any atom is -0.310 e. The van der Waals surface area contributed by atoms with Gasteiger partial charge in [0.25, 0.3) is 0 Å². The lowest BCUT2D eigenvalue weighted by Crippen LogP contribution is -2.50. The second-order valence-electron chi connectivity index (χ2n) is 8.53. The monoisotopic (exact) mass is 247 g/mol. The standard InChI is InChI=1S/C17H29N/c1-16(2)13-8-9-17(16,3)14(10-13)18-15(11-4-5-11)12-6-7-12/h11-15,18H,4-10H2,1-3H3. The van der Waals surface area contributed by atoms with Crippen LogP contribution in [0.15, 0.2) is 0 Å². The Morgan fingerprint density at radius 1 is 0.944 bits per heavy atom. The van der Waals surface area contributed by atoms with E-state index in [2.05, 4.69) is 26.1 Å². The van der Waals surface area contributed by atoms with Crippen LogP contribution in [-0.4, -0.2) is 12.1 Å². The molecule has 2 bridgehead atoms. The van der Waals surface area contributed by atoms with Crippen LogP contribution in [0.4, 0.5) is 0 Å².